The molecule has 2 nitrogen and oxygen atoms in total. The molecule has 0 aliphatic rings. The van der Waals surface area contributed by atoms with Gasteiger partial charge < -0.3 is 4.74 Å². The molecule has 1 aromatic carbocycles. The first-order valence-electron chi connectivity index (χ1n) is 4.84. The van der Waals surface area contributed by atoms with Gasteiger partial charge in [-0.2, -0.15) is 0 Å². The number of pyridine rings is 1. The van der Waals surface area contributed by atoms with Gasteiger partial charge in [-0.15, -0.1) is 0 Å². The number of hydrogen-bond donors (Lipinski definition) is 0. The predicted octanol–water partition coefficient (Wildman–Crippen LogP) is 3.65. The highest BCUT2D eigenvalue weighted by Crippen LogP contribution is 2.33. The predicted molar refractivity (Wildman–Crippen MR) is 62.7 cm³/mol. The molecule has 2 rings (SSSR count). The van der Waals surface area contributed by atoms with Crippen LogP contribution < -0.4 is 4.74 Å². The molecule has 2 aromatic rings. The molecule has 1 aromatic heterocycles. The summed E-state index contributed by atoms with van der Waals surface area (Å²) >= 11 is 6.17. The summed E-state index contributed by atoms with van der Waals surface area (Å²) in [7, 11) is 1.49. The lowest BCUT2D eigenvalue weighted by Crippen LogP contribution is -1.95. The van der Waals surface area contributed by atoms with E-state index in [1.807, 2.05) is 13.8 Å². The van der Waals surface area contributed by atoms with E-state index in [-0.39, 0.29) is 5.82 Å². The zero-order valence-corrected chi connectivity index (χ0v) is 10.0. The maximum absolute atomic E-state index is 13.3. The molecule has 0 saturated carbocycles. The van der Waals surface area contributed by atoms with E-state index in [9.17, 15) is 4.39 Å². The summed E-state index contributed by atoms with van der Waals surface area (Å²) in [5.41, 5.74) is 2.28. The van der Waals surface area contributed by atoms with Gasteiger partial charge in [0.15, 0.2) is 0 Å². The fourth-order valence-corrected chi connectivity index (χ4v) is 1.91. The molecule has 0 radical (unpaired) electrons. The number of aromatic nitrogens is 1. The van der Waals surface area contributed by atoms with Crippen LogP contribution in [0.5, 0.6) is 5.75 Å². The Morgan fingerprint density at radius 1 is 1.31 bits per heavy atom. The smallest absolute Gasteiger partial charge is 0.148 e. The van der Waals surface area contributed by atoms with Crippen molar-refractivity contribution in [2.45, 2.75) is 13.8 Å². The summed E-state index contributed by atoms with van der Waals surface area (Å²) in [6.45, 7) is 3.73. The topological polar surface area (TPSA) is 22.1 Å². The molecule has 0 N–H and O–H groups in total. The fraction of sp³-hybridized carbons (Fsp3) is 0.250. The average Bonchev–Trinajstić information content (AvgIpc) is 2.26. The maximum Gasteiger partial charge on any atom is 0.148 e. The third-order valence-electron chi connectivity index (χ3n) is 2.65. The molecule has 0 aliphatic carbocycles. The Bertz CT molecular complexity index is 569. The quantitative estimate of drug-likeness (QED) is 0.758. The van der Waals surface area contributed by atoms with Gasteiger partial charge in [-0.1, -0.05) is 11.6 Å². The lowest BCUT2D eigenvalue weighted by molar-refractivity contribution is 0.415. The van der Waals surface area contributed by atoms with Crippen LogP contribution in [0.15, 0.2) is 12.1 Å². The molecule has 0 saturated heterocycles. The van der Waals surface area contributed by atoms with Crippen molar-refractivity contribution in [1.82, 2.24) is 4.98 Å². The van der Waals surface area contributed by atoms with Crippen LogP contribution in [-0.2, 0) is 0 Å². The number of rotatable bonds is 1. The van der Waals surface area contributed by atoms with Crippen LogP contribution in [0, 0.1) is 19.7 Å². The SMILES string of the molecule is COc1cc(F)cc2c(Cl)c(C)c(C)nc12. The largest absolute Gasteiger partial charge is 0.494 e. The van der Waals surface area contributed by atoms with Gasteiger partial charge in [0.2, 0.25) is 0 Å². The minimum absolute atomic E-state index is 0.378. The number of aryl methyl sites for hydroxylation is 1. The van der Waals surface area contributed by atoms with Crippen molar-refractivity contribution < 1.29 is 9.13 Å². The molecule has 0 amide bonds. The van der Waals surface area contributed by atoms with E-state index in [1.165, 1.54) is 19.2 Å². The zero-order valence-electron chi connectivity index (χ0n) is 9.27. The van der Waals surface area contributed by atoms with Crippen molar-refractivity contribution in [3.05, 3.63) is 34.2 Å². The van der Waals surface area contributed by atoms with Crippen LogP contribution >= 0.6 is 11.6 Å². The van der Waals surface area contributed by atoms with E-state index >= 15 is 0 Å². The van der Waals surface area contributed by atoms with Gasteiger partial charge in [0.05, 0.1) is 12.1 Å². The molecule has 4 heteroatoms. The van der Waals surface area contributed by atoms with Gasteiger partial charge in [0, 0.05) is 17.1 Å². The molecule has 0 aliphatic heterocycles. The second kappa shape index (κ2) is 3.91. The van der Waals surface area contributed by atoms with E-state index in [1.54, 1.807) is 0 Å². The summed E-state index contributed by atoms with van der Waals surface area (Å²) in [6.07, 6.45) is 0. The lowest BCUT2D eigenvalue weighted by Gasteiger charge is -2.10. The summed E-state index contributed by atoms with van der Waals surface area (Å²) < 4.78 is 18.4. The van der Waals surface area contributed by atoms with Crippen molar-refractivity contribution >= 4 is 22.5 Å². The molecule has 1 heterocycles. The number of nitrogens with zero attached hydrogens (tertiary/aromatic N) is 1. The van der Waals surface area contributed by atoms with Crippen LogP contribution in [0.25, 0.3) is 10.9 Å². The molecule has 0 spiro atoms. The molecule has 16 heavy (non-hydrogen) atoms. The second-order valence-corrected chi connectivity index (χ2v) is 4.02. The van der Waals surface area contributed by atoms with Crippen LogP contribution in [0.3, 0.4) is 0 Å². The summed E-state index contributed by atoms with van der Waals surface area (Å²) in [5, 5.41) is 1.11. The molecule has 84 valence electrons. The second-order valence-electron chi connectivity index (χ2n) is 3.64. The van der Waals surface area contributed by atoms with Crippen LogP contribution in [0.4, 0.5) is 4.39 Å². The Balaban J connectivity index is 2.94. The summed E-state index contributed by atoms with van der Waals surface area (Å²) in [6, 6.07) is 2.68. The highest BCUT2D eigenvalue weighted by atomic mass is 35.5. The van der Waals surface area contributed by atoms with Crippen LogP contribution in [0.2, 0.25) is 5.02 Å². The first-order chi connectivity index (χ1) is 7.54. The first-order valence-corrected chi connectivity index (χ1v) is 5.22. The van der Waals surface area contributed by atoms with Gasteiger partial charge in [0.25, 0.3) is 0 Å². The molecular weight excluding hydrogens is 229 g/mol. The first kappa shape index (κ1) is 11.1. The van der Waals surface area contributed by atoms with Crippen molar-refractivity contribution in [2.24, 2.45) is 0 Å². The standard InChI is InChI=1S/C12H11ClFNO/c1-6-7(2)15-12-9(11(6)13)4-8(14)5-10(12)16-3/h4-5H,1-3H3. The highest BCUT2D eigenvalue weighted by molar-refractivity contribution is 6.36. The van der Waals surface area contributed by atoms with Gasteiger partial charge >= 0.3 is 0 Å². The number of benzene rings is 1. The van der Waals surface area contributed by atoms with E-state index in [2.05, 4.69) is 4.98 Å². The fourth-order valence-electron chi connectivity index (χ4n) is 1.62. The molecule has 0 bridgehead atoms. The average molecular weight is 240 g/mol. The van der Waals surface area contributed by atoms with E-state index in [0.717, 1.165) is 11.3 Å². The van der Waals surface area contributed by atoms with Crippen molar-refractivity contribution in [2.75, 3.05) is 7.11 Å². The normalized spacial score (nSPS) is 10.8. The van der Waals surface area contributed by atoms with Crippen LogP contribution in [-0.4, -0.2) is 12.1 Å². The third kappa shape index (κ3) is 1.61. The van der Waals surface area contributed by atoms with Crippen molar-refractivity contribution in [3.63, 3.8) is 0 Å². The maximum atomic E-state index is 13.3. The summed E-state index contributed by atoms with van der Waals surface area (Å²) in [4.78, 5) is 4.37. The minimum Gasteiger partial charge on any atom is -0.494 e. The molecule has 0 atom stereocenters. The Kier molecular flexibility index (Phi) is 2.72. The van der Waals surface area contributed by atoms with E-state index in [4.69, 9.17) is 16.3 Å². The van der Waals surface area contributed by atoms with E-state index < -0.39 is 0 Å². The Morgan fingerprint density at radius 3 is 2.62 bits per heavy atom. The molecular formula is C12H11ClFNO. The Labute approximate surface area is 98.0 Å². The van der Waals surface area contributed by atoms with Gasteiger partial charge in [-0.3, -0.25) is 0 Å². The lowest BCUT2D eigenvalue weighted by atomic mass is 10.1. The highest BCUT2D eigenvalue weighted by Gasteiger charge is 2.12. The summed E-state index contributed by atoms with van der Waals surface area (Å²) in [5.74, 6) is 0.0244. The third-order valence-corrected chi connectivity index (χ3v) is 3.13. The van der Waals surface area contributed by atoms with Crippen LogP contribution in [0.1, 0.15) is 11.3 Å². The molecule has 0 fully saturated rings. The zero-order chi connectivity index (χ0) is 11.9. The Morgan fingerprint density at radius 2 is 2.00 bits per heavy atom. The van der Waals surface area contributed by atoms with Gasteiger partial charge in [-0.25, -0.2) is 9.37 Å². The van der Waals surface area contributed by atoms with Crippen molar-refractivity contribution in [1.29, 1.82) is 0 Å². The van der Waals surface area contributed by atoms with E-state index in [0.29, 0.717) is 21.7 Å². The number of fused-ring (bicyclic) bond motifs is 1. The molecule has 0 unspecified atom stereocenters. The number of methoxy groups -OCH3 is 1. The number of ether oxygens (including phenoxy) is 1. The monoisotopic (exact) mass is 239 g/mol. The van der Waals surface area contributed by atoms with Crippen molar-refractivity contribution in [3.8, 4) is 5.75 Å². The minimum atomic E-state index is -0.378. The number of hydrogen-bond acceptors (Lipinski definition) is 2. The van der Waals surface area contributed by atoms with Gasteiger partial charge in [-0.05, 0) is 25.5 Å². The number of halogens is 2. The Hall–Kier alpha value is -1.35. The van der Waals surface area contributed by atoms with Gasteiger partial charge in [0.1, 0.15) is 17.1 Å².